The molecule has 2 aliphatic heterocycles. The summed E-state index contributed by atoms with van der Waals surface area (Å²) in [5.41, 5.74) is 1.50. The van der Waals surface area contributed by atoms with Crippen LogP contribution in [0.15, 0.2) is 53.4 Å². The Balaban J connectivity index is 1.60. The van der Waals surface area contributed by atoms with Crippen molar-refractivity contribution in [3.8, 4) is 0 Å². The number of carbonyl (C=O) groups is 2. The summed E-state index contributed by atoms with van der Waals surface area (Å²) in [5, 5.41) is 0. The molecule has 8 nitrogen and oxygen atoms in total. The number of amides is 1. The van der Waals surface area contributed by atoms with Crippen molar-refractivity contribution >= 4 is 33.3 Å². The third-order valence-corrected chi connectivity index (χ3v) is 8.59. The highest BCUT2D eigenvalue weighted by molar-refractivity contribution is 7.89. The van der Waals surface area contributed by atoms with Gasteiger partial charge < -0.3 is 14.5 Å². The lowest BCUT2D eigenvalue weighted by atomic mass is 10.1. The second kappa shape index (κ2) is 10.8. The Labute approximate surface area is 207 Å². The summed E-state index contributed by atoms with van der Waals surface area (Å²) in [7, 11) is -2.09. The molecule has 1 amide bonds. The minimum atomic E-state index is -3.72. The van der Waals surface area contributed by atoms with E-state index < -0.39 is 22.1 Å². The summed E-state index contributed by atoms with van der Waals surface area (Å²) in [6.07, 6.45) is 3.63. The van der Waals surface area contributed by atoms with Gasteiger partial charge in [0.25, 0.3) is 5.91 Å². The SMILES string of the molecule is CC(OC(=O)c1cc(S(=O)(=O)N2CCCCC2)ccc1N1CCCC1)C(=O)N(C)c1ccccc1. The fraction of sp³-hybridized carbons (Fsp3) is 0.462. The molecule has 0 radical (unpaired) electrons. The van der Waals surface area contributed by atoms with Crippen molar-refractivity contribution in [1.82, 2.24) is 4.31 Å². The molecular formula is C26H33N3O5S. The predicted octanol–water partition coefficient (Wildman–Crippen LogP) is 3.67. The highest BCUT2D eigenvalue weighted by Crippen LogP contribution is 2.30. The van der Waals surface area contributed by atoms with E-state index >= 15 is 0 Å². The van der Waals surface area contributed by atoms with Crippen molar-refractivity contribution < 1.29 is 22.7 Å². The monoisotopic (exact) mass is 499 g/mol. The van der Waals surface area contributed by atoms with Gasteiger partial charge in [-0.25, -0.2) is 13.2 Å². The van der Waals surface area contributed by atoms with Crippen molar-refractivity contribution in [2.75, 3.05) is 43.0 Å². The van der Waals surface area contributed by atoms with Gasteiger partial charge in [0.05, 0.1) is 16.1 Å². The van der Waals surface area contributed by atoms with Crippen molar-refractivity contribution in [2.24, 2.45) is 0 Å². The molecule has 0 saturated carbocycles. The van der Waals surface area contributed by atoms with Gasteiger partial charge in [-0.3, -0.25) is 4.79 Å². The summed E-state index contributed by atoms with van der Waals surface area (Å²) in [4.78, 5) is 29.8. The number of piperidine rings is 1. The topological polar surface area (TPSA) is 87.2 Å². The fourth-order valence-electron chi connectivity index (χ4n) is 4.65. The molecule has 0 spiro atoms. The number of sulfonamides is 1. The van der Waals surface area contributed by atoms with Crippen molar-refractivity contribution in [3.05, 3.63) is 54.1 Å². The van der Waals surface area contributed by atoms with Crippen LogP contribution in [0.2, 0.25) is 0 Å². The zero-order valence-corrected chi connectivity index (χ0v) is 21.2. The summed E-state index contributed by atoms with van der Waals surface area (Å²) in [6, 6.07) is 13.8. The maximum atomic E-state index is 13.3. The minimum absolute atomic E-state index is 0.0784. The van der Waals surface area contributed by atoms with E-state index in [0.29, 0.717) is 24.5 Å². The smallest absolute Gasteiger partial charge is 0.341 e. The first-order valence-electron chi connectivity index (χ1n) is 12.2. The highest BCUT2D eigenvalue weighted by atomic mass is 32.2. The Morgan fingerprint density at radius 3 is 2.20 bits per heavy atom. The highest BCUT2D eigenvalue weighted by Gasteiger charge is 2.30. The molecule has 0 N–H and O–H groups in total. The van der Waals surface area contributed by atoms with Crippen molar-refractivity contribution in [1.29, 1.82) is 0 Å². The summed E-state index contributed by atoms with van der Waals surface area (Å²) in [5.74, 6) is -1.07. The van der Waals surface area contributed by atoms with Crippen LogP contribution in [0.3, 0.4) is 0 Å². The number of anilines is 2. The number of likely N-dealkylation sites (N-methyl/N-ethyl adjacent to an activating group) is 1. The molecule has 1 atom stereocenters. The van der Waals surface area contributed by atoms with E-state index in [2.05, 4.69) is 4.90 Å². The van der Waals surface area contributed by atoms with Gasteiger partial charge >= 0.3 is 5.97 Å². The summed E-state index contributed by atoms with van der Waals surface area (Å²) in [6.45, 7) is 4.05. The third-order valence-electron chi connectivity index (χ3n) is 6.69. The van der Waals surface area contributed by atoms with Crippen LogP contribution in [0.1, 0.15) is 49.4 Å². The van der Waals surface area contributed by atoms with E-state index in [1.54, 1.807) is 31.3 Å². The maximum absolute atomic E-state index is 13.3. The maximum Gasteiger partial charge on any atom is 0.341 e. The molecule has 2 aromatic carbocycles. The van der Waals surface area contributed by atoms with Crippen LogP contribution >= 0.6 is 0 Å². The molecule has 2 saturated heterocycles. The second-order valence-corrected chi connectivity index (χ2v) is 11.1. The fourth-order valence-corrected chi connectivity index (χ4v) is 6.20. The summed E-state index contributed by atoms with van der Waals surface area (Å²) >= 11 is 0. The number of hydrogen-bond donors (Lipinski definition) is 0. The van der Waals surface area contributed by atoms with Crippen molar-refractivity contribution in [3.63, 3.8) is 0 Å². The van der Waals surface area contributed by atoms with Crippen LogP contribution in [0, 0.1) is 0 Å². The molecule has 1 unspecified atom stereocenters. The third kappa shape index (κ3) is 5.51. The molecule has 0 bridgehead atoms. The van der Waals surface area contributed by atoms with Crippen LogP contribution in [-0.4, -0.2) is 63.9 Å². The zero-order chi connectivity index (χ0) is 25.0. The van der Waals surface area contributed by atoms with Gasteiger partial charge in [-0.2, -0.15) is 4.31 Å². The van der Waals surface area contributed by atoms with E-state index in [1.165, 1.54) is 22.2 Å². The molecule has 2 aliphatic rings. The molecule has 2 heterocycles. The van der Waals surface area contributed by atoms with Crippen LogP contribution in [0.5, 0.6) is 0 Å². The van der Waals surface area contributed by atoms with Gasteiger partial charge in [0.1, 0.15) is 0 Å². The average Bonchev–Trinajstić information content (AvgIpc) is 3.43. The molecule has 9 heteroatoms. The first-order valence-corrected chi connectivity index (χ1v) is 13.7. The molecule has 188 valence electrons. The Kier molecular flexibility index (Phi) is 7.76. The molecule has 0 aromatic heterocycles. The molecule has 2 aromatic rings. The summed E-state index contributed by atoms with van der Waals surface area (Å²) < 4.78 is 33.6. The predicted molar refractivity (Wildman–Crippen MR) is 135 cm³/mol. The number of ether oxygens (including phenoxy) is 1. The molecule has 0 aliphatic carbocycles. The lowest BCUT2D eigenvalue weighted by Gasteiger charge is -2.27. The number of esters is 1. The first-order chi connectivity index (χ1) is 16.8. The number of para-hydroxylation sites is 1. The lowest BCUT2D eigenvalue weighted by molar-refractivity contribution is -0.126. The van der Waals surface area contributed by atoms with Crippen LogP contribution in [-0.2, 0) is 19.6 Å². The number of rotatable bonds is 7. The normalized spacial score (nSPS) is 17.7. The van der Waals surface area contributed by atoms with E-state index in [4.69, 9.17) is 4.74 Å². The van der Waals surface area contributed by atoms with E-state index in [9.17, 15) is 18.0 Å². The van der Waals surface area contributed by atoms with E-state index in [0.717, 1.165) is 45.2 Å². The van der Waals surface area contributed by atoms with Gasteiger partial charge in [0, 0.05) is 38.9 Å². The Bertz CT molecular complexity index is 1160. The number of benzene rings is 2. The zero-order valence-electron chi connectivity index (χ0n) is 20.4. The minimum Gasteiger partial charge on any atom is -0.449 e. The van der Waals surface area contributed by atoms with Crippen LogP contribution < -0.4 is 9.80 Å². The van der Waals surface area contributed by atoms with Gasteiger partial charge in [-0.1, -0.05) is 24.6 Å². The second-order valence-electron chi connectivity index (χ2n) is 9.12. The number of hydrogen-bond acceptors (Lipinski definition) is 6. The van der Waals surface area contributed by atoms with E-state index in [-0.39, 0.29) is 16.4 Å². The van der Waals surface area contributed by atoms with Gasteiger partial charge in [0.15, 0.2) is 6.10 Å². The van der Waals surface area contributed by atoms with Gasteiger partial charge in [-0.15, -0.1) is 0 Å². The number of nitrogens with zero attached hydrogens (tertiary/aromatic N) is 3. The molecule has 2 fully saturated rings. The lowest BCUT2D eigenvalue weighted by Crippen LogP contribution is -2.38. The van der Waals surface area contributed by atoms with Crippen LogP contribution in [0.4, 0.5) is 11.4 Å². The molecular weight excluding hydrogens is 466 g/mol. The number of carbonyl (C=O) groups excluding carboxylic acids is 2. The van der Waals surface area contributed by atoms with Gasteiger partial charge in [0.2, 0.25) is 10.0 Å². The first kappa shape index (κ1) is 25.2. The molecule has 35 heavy (non-hydrogen) atoms. The van der Waals surface area contributed by atoms with Crippen LogP contribution in [0.25, 0.3) is 0 Å². The Morgan fingerprint density at radius 1 is 0.914 bits per heavy atom. The quantitative estimate of drug-likeness (QED) is 0.541. The largest absolute Gasteiger partial charge is 0.449 e. The van der Waals surface area contributed by atoms with E-state index in [1.807, 2.05) is 18.2 Å². The van der Waals surface area contributed by atoms with Gasteiger partial charge in [-0.05, 0) is 62.9 Å². The standard InChI is InChI=1S/C26H33N3O5S/c1-20(25(30)27(2)21-11-5-3-6-12-21)34-26(31)23-19-22(13-14-24(23)28-15-9-10-16-28)35(32,33)29-17-7-4-8-18-29/h3,5-6,11-14,19-20H,4,7-10,15-18H2,1-2H3. The molecule has 4 rings (SSSR count). The Hall–Kier alpha value is -2.91. The Morgan fingerprint density at radius 2 is 1.54 bits per heavy atom. The average molecular weight is 500 g/mol. The van der Waals surface area contributed by atoms with Crippen molar-refractivity contribution in [2.45, 2.75) is 50.0 Å².